The van der Waals surface area contributed by atoms with Crippen molar-refractivity contribution in [2.45, 2.75) is 19.3 Å². The van der Waals surface area contributed by atoms with Gasteiger partial charge in [0.1, 0.15) is 0 Å². The fraction of sp³-hybridized carbons (Fsp3) is 0.250. The Kier molecular flexibility index (Phi) is 3.14. The highest BCUT2D eigenvalue weighted by molar-refractivity contribution is 6.09. The summed E-state index contributed by atoms with van der Waals surface area (Å²) in [4.78, 5) is 24.8. The molecule has 0 spiro atoms. The Morgan fingerprint density at radius 1 is 1.15 bits per heavy atom. The summed E-state index contributed by atoms with van der Waals surface area (Å²) in [6.07, 6.45) is 5.73. The number of nitrogens with zero attached hydrogens (tertiary/aromatic N) is 1. The smallest absolute Gasteiger partial charge is 0.307 e. The number of allylic oxidation sites excluding steroid dienone is 2. The molecule has 20 heavy (non-hydrogen) atoms. The fourth-order valence-electron chi connectivity index (χ4n) is 2.70. The molecule has 0 saturated heterocycles. The SMILES string of the molecule is O=C(O)Cc1ccc(N2CC3=C(CC=CC3)C2=O)cc1. The van der Waals surface area contributed by atoms with Crippen molar-refractivity contribution in [2.75, 3.05) is 11.4 Å². The second kappa shape index (κ2) is 4.96. The zero-order valence-electron chi connectivity index (χ0n) is 11.0. The standard InChI is InChI=1S/C16H15NO3/c18-15(19)9-11-5-7-13(8-6-11)17-10-12-3-1-2-4-14(12)16(17)20/h1-2,5-8H,3-4,9-10H2,(H,18,19). The van der Waals surface area contributed by atoms with Gasteiger partial charge in [0.25, 0.3) is 5.91 Å². The summed E-state index contributed by atoms with van der Waals surface area (Å²) in [5.74, 6) is -0.770. The molecule has 1 aromatic rings. The molecule has 1 amide bonds. The van der Waals surface area contributed by atoms with Crippen molar-refractivity contribution in [3.05, 3.63) is 53.1 Å². The van der Waals surface area contributed by atoms with Crippen LogP contribution in [0.25, 0.3) is 0 Å². The maximum absolute atomic E-state index is 12.3. The first-order valence-corrected chi connectivity index (χ1v) is 6.63. The molecule has 2 aliphatic rings. The number of amides is 1. The van der Waals surface area contributed by atoms with Crippen LogP contribution < -0.4 is 4.90 Å². The number of carboxylic acids is 1. The molecule has 4 nitrogen and oxygen atoms in total. The summed E-state index contributed by atoms with van der Waals surface area (Å²) in [6, 6.07) is 7.18. The van der Waals surface area contributed by atoms with Gasteiger partial charge in [-0.2, -0.15) is 0 Å². The molecule has 0 bridgehead atoms. The topological polar surface area (TPSA) is 57.6 Å². The molecule has 1 aromatic carbocycles. The van der Waals surface area contributed by atoms with E-state index in [0.717, 1.165) is 29.7 Å². The lowest BCUT2D eigenvalue weighted by molar-refractivity contribution is -0.136. The van der Waals surface area contributed by atoms with E-state index in [9.17, 15) is 9.59 Å². The molecule has 0 unspecified atom stereocenters. The molecule has 3 rings (SSSR count). The van der Waals surface area contributed by atoms with E-state index in [-0.39, 0.29) is 12.3 Å². The number of carbonyl (C=O) groups is 2. The van der Waals surface area contributed by atoms with E-state index in [1.165, 1.54) is 5.57 Å². The van der Waals surface area contributed by atoms with Crippen LogP contribution in [0.2, 0.25) is 0 Å². The van der Waals surface area contributed by atoms with E-state index >= 15 is 0 Å². The Labute approximate surface area is 117 Å². The second-order valence-corrected chi connectivity index (χ2v) is 5.09. The number of hydrogen-bond donors (Lipinski definition) is 1. The van der Waals surface area contributed by atoms with Gasteiger partial charge in [0.2, 0.25) is 0 Å². The van der Waals surface area contributed by atoms with Crippen molar-refractivity contribution in [2.24, 2.45) is 0 Å². The summed E-state index contributed by atoms with van der Waals surface area (Å²) < 4.78 is 0. The van der Waals surface area contributed by atoms with E-state index < -0.39 is 5.97 Å². The first kappa shape index (κ1) is 12.7. The fourth-order valence-corrected chi connectivity index (χ4v) is 2.70. The van der Waals surface area contributed by atoms with E-state index in [1.54, 1.807) is 17.0 Å². The lowest BCUT2D eigenvalue weighted by atomic mass is 10.00. The number of carbonyl (C=O) groups excluding carboxylic acids is 1. The highest BCUT2D eigenvalue weighted by Gasteiger charge is 2.30. The Bertz CT molecular complexity index is 626. The molecule has 1 aliphatic heterocycles. The van der Waals surface area contributed by atoms with Crippen molar-refractivity contribution < 1.29 is 14.7 Å². The van der Waals surface area contributed by atoms with Crippen LogP contribution in [0.5, 0.6) is 0 Å². The summed E-state index contributed by atoms with van der Waals surface area (Å²) >= 11 is 0. The van der Waals surface area contributed by atoms with Crippen molar-refractivity contribution in [1.82, 2.24) is 0 Å². The highest BCUT2D eigenvalue weighted by atomic mass is 16.4. The minimum Gasteiger partial charge on any atom is -0.481 e. The molecule has 1 heterocycles. The molecule has 0 radical (unpaired) electrons. The van der Waals surface area contributed by atoms with E-state index in [4.69, 9.17) is 5.11 Å². The zero-order valence-corrected chi connectivity index (χ0v) is 11.0. The third-order valence-corrected chi connectivity index (χ3v) is 3.74. The number of carboxylic acid groups (broad SMARTS) is 1. The average molecular weight is 269 g/mol. The molecular formula is C16H15NO3. The van der Waals surface area contributed by atoms with Crippen LogP contribution in [0, 0.1) is 0 Å². The van der Waals surface area contributed by atoms with Gasteiger partial charge in [0.15, 0.2) is 0 Å². The molecule has 0 saturated carbocycles. The molecule has 102 valence electrons. The number of hydrogen-bond acceptors (Lipinski definition) is 2. The minimum absolute atomic E-state index is 0.00684. The van der Waals surface area contributed by atoms with E-state index in [1.807, 2.05) is 18.2 Å². The van der Waals surface area contributed by atoms with Crippen molar-refractivity contribution in [3.8, 4) is 0 Å². The maximum Gasteiger partial charge on any atom is 0.307 e. The number of benzene rings is 1. The van der Waals surface area contributed by atoms with Crippen LogP contribution in [0.4, 0.5) is 5.69 Å². The van der Waals surface area contributed by atoms with Crippen LogP contribution in [0.15, 0.2) is 47.6 Å². The average Bonchev–Trinajstić information content (AvgIpc) is 2.77. The maximum atomic E-state index is 12.3. The van der Waals surface area contributed by atoms with Crippen molar-refractivity contribution in [1.29, 1.82) is 0 Å². The monoisotopic (exact) mass is 269 g/mol. The molecule has 4 heteroatoms. The van der Waals surface area contributed by atoms with Crippen LogP contribution >= 0.6 is 0 Å². The zero-order chi connectivity index (χ0) is 14.1. The summed E-state index contributed by atoms with van der Waals surface area (Å²) in [6.45, 7) is 0.650. The first-order chi connectivity index (χ1) is 9.65. The Balaban J connectivity index is 1.78. The van der Waals surface area contributed by atoms with Gasteiger partial charge >= 0.3 is 5.97 Å². The number of anilines is 1. The predicted molar refractivity (Wildman–Crippen MR) is 75.5 cm³/mol. The number of aliphatic carboxylic acids is 1. The molecule has 1 N–H and O–H groups in total. The first-order valence-electron chi connectivity index (χ1n) is 6.63. The van der Waals surface area contributed by atoms with Crippen LogP contribution in [-0.4, -0.2) is 23.5 Å². The molecule has 1 aliphatic carbocycles. The van der Waals surface area contributed by atoms with Gasteiger partial charge in [0.05, 0.1) is 6.42 Å². The third-order valence-electron chi connectivity index (χ3n) is 3.74. The molecule has 0 atom stereocenters. The third kappa shape index (κ3) is 2.25. The lowest BCUT2D eigenvalue weighted by Crippen LogP contribution is -2.26. The van der Waals surface area contributed by atoms with Gasteiger partial charge < -0.3 is 10.0 Å². The van der Waals surface area contributed by atoms with Gasteiger partial charge in [-0.3, -0.25) is 9.59 Å². The normalized spacial score (nSPS) is 17.6. The van der Waals surface area contributed by atoms with Crippen LogP contribution in [-0.2, 0) is 16.0 Å². The predicted octanol–water partition coefficient (Wildman–Crippen LogP) is 2.31. The van der Waals surface area contributed by atoms with Gasteiger partial charge in [-0.1, -0.05) is 24.3 Å². The van der Waals surface area contributed by atoms with Gasteiger partial charge in [0, 0.05) is 17.8 Å². The van der Waals surface area contributed by atoms with Gasteiger partial charge in [-0.05, 0) is 36.1 Å². The Morgan fingerprint density at radius 2 is 1.85 bits per heavy atom. The largest absolute Gasteiger partial charge is 0.481 e. The summed E-state index contributed by atoms with van der Waals surface area (Å²) in [7, 11) is 0. The molecule has 0 fully saturated rings. The Hall–Kier alpha value is -2.36. The number of rotatable bonds is 3. The quantitative estimate of drug-likeness (QED) is 0.857. The minimum atomic E-state index is -0.849. The lowest BCUT2D eigenvalue weighted by Gasteiger charge is -2.17. The van der Waals surface area contributed by atoms with Gasteiger partial charge in [-0.25, -0.2) is 0 Å². The van der Waals surface area contributed by atoms with Crippen molar-refractivity contribution in [3.63, 3.8) is 0 Å². The van der Waals surface area contributed by atoms with E-state index in [0.29, 0.717) is 6.54 Å². The van der Waals surface area contributed by atoms with Crippen LogP contribution in [0.1, 0.15) is 18.4 Å². The summed E-state index contributed by atoms with van der Waals surface area (Å²) in [5, 5.41) is 8.75. The summed E-state index contributed by atoms with van der Waals surface area (Å²) in [5.41, 5.74) is 3.69. The Morgan fingerprint density at radius 3 is 2.50 bits per heavy atom. The van der Waals surface area contributed by atoms with Crippen LogP contribution in [0.3, 0.4) is 0 Å². The second-order valence-electron chi connectivity index (χ2n) is 5.09. The van der Waals surface area contributed by atoms with Gasteiger partial charge in [-0.15, -0.1) is 0 Å². The van der Waals surface area contributed by atoms with Crippen molar-refractivity contribution >= 4 is 17.6 Å². The highest BCUT2D eigenvalue weighted by Crippen LogP contribution is 2.31. The van der Waals surface area contributed by atoms with E-state index in [2.05, 4.69) is 6.08 Å². The molecular weight excluding hydrogens is 254 g/mol. The molecule has 0 aromatic heterocycles.